The van der Waals surface area contributed by atoms with E-state index in [4.69, 9.17) is 15.0 Å². The molecule has 1 atom stereocenters. The second-order valence-corrected chi connectivity index (χ2v) is 12.0. The molecule has 1 aliphatic rings. The van der Waals surface area contributed by atoms with Crippen LogP contribution < -0.4 is 5.32 Å². The van der Waals surface area contributed by atoms with Gasteiger partial charge in [0.1, 0.15) is 5.69 Å². The number of para-hydroxylation sites is 1. The molecule has 4 heterocycles. The highest BCUT2D eigenvalue weighted by Crippen LogP contribution is 2.42. The van der Waals surface area contributed by atoms with Crippen LogP contribution in [0.2, 0.25) is 0 Å². The van der Waals surface area contributed by atoms with Crippen molar-refractivity contribution in [2.24, 2.45) is 4.99 Å². The lowest BCUT2D eigenvalue weighted by atomic mass is 10.0. The van der Waals surface area contributed by atoms with Crippen molar-refractivity contribution < 1.29 is 0 Å². The van der Waals surface area contributed by atoms with Crippen LogP contribution in [0.3, 0.4) is 0 Å². The number of hydrogen-bond acceptors (Lipinski definition) is 5. The fourth-order valence-electron chi connectivity index (χ4n) is 6.30. The first-order valence-electron chi connectivity index (χ1n) is 14.7. The SMILES string of the molecule is C1=C(c2ccccc2)N=C(c2ccnc(-n3c4ccccc4c4ccc5c6ccccc6sc5c43)n2)NC1c1ccccc1. The van der Waals surface area contributed by atoms with Gasteiger partial charge in [-0.1, -0.05) is 109 Å². The number of nitrogens with one attached hydrogen (secondary N) is 1. The molecule has 1 N–H and O–H groups in total. The molecule has 0 saturated heterocycles. The molecule has 5 aromatic carbocycles. The Kier molecular flexibility index (Phi) is 5.67. The number of thiophene rings is 1. The second kappa shape index (κ2) is 10.0. The van der Waals surface area contributed by atoms with E-state index in [9.17, 15) is 0 Å². The lowest BCUT2D eigenvalue weighted by Crippen LogP contribution is -2.32. The fraction of sp³-hybridized carbons (Fsp3) is 0.0263. The van der Waals surface area contributed by atoms with E-state index in [0.717, 1.165) is 39.4 Å². The van der Waals surface area contributed by atoms with Crippen molar-refractivity contribution in [2.45, 2.75) is 6.04 Å². The van der Waals surface area contributed by atoms with Crippen LogP contribution in [0.25, 0.3) is 53.6 Å². The van der Waals surface area contributed by atoms with Crippen molar-refractivity contribution in [3.05, 3.63) is 156 Å². The molecule has 0 fully saturated rings. The molecule has 0 bridgehead atoms. The van der Waals surface area contributed by atoms with Gasteiger partial charge >= 0.3 is 0 Å². The topological polar surface area (TPSA) is 55.1 Å². The number of benzene rings is 5. The molecule has 0 amide bonds. The van der Waals surface area contributed by atoms with Gasteiger partial charge in [0.15, 0.2) is 5.84 Å². The Morgan fingerprint density at radius 3 is 2.25 bits per heavy atom. The lowest BCUT2D eigenvalue weighted by Gasteiger charge is -2.24. The van der Waals surface area contributed by atoms with E-state index in [-0.39, 0.29) is 6.04 Å². The highest BCUT2D eigenvalue weighted by atomic mass is 32.1. The summed E-state index contributed by atoms with van der Waals surface area (Å²) in [5.41, 5.74) is 6.10. The van der Waals surface area contributed by atoms with E-state index < -0.39 is 0 Å². The monoisotopic (exact) mass is 583 g/mol. The van der Waals surface area contributed by atoms with Crippen LogP contribution in [0.5, 0.6) is 0 Å². The molecule has 1 aliphatic heterocycles. The van der Waals surface area contributed by atoms with E-state index >= 15 is 0 Å². The average Bonchev–Trinajstić information content (AvgIpc) is 3.65. The van der Waals surface area contributed by atoms with Crippen molar-refractivity contribution in [3.63, 3.8) is 0 Å². The number of fused-ring (bicyclic) bond motifs is 7. The molecule has 9 rings (SSSR count). The normalized spacial score (nSPS) is 15.0. The Balaban J connectivity index is 1.25. The number of aliphatic imine (C=N–C) groups is 1. The molecule has 5 nitrogen and oxygen atoms in total. The van der Waals surface area contributed by atoms with E-state index in [2.05, 4.69) is 113 Å². The van der Waals surface area contributed by atoms with Gasteiger partial charge in [-0.05, 0) is 35.4 Å². The minimum atomic E-state index is -0.0521. The molecule has 0 radical (unpaired) electrons. The van der Waals surface area contributed by atoms with Crippen molar-refractivity contribution in [3.8, 4) is 5.95 Å². The predicted octanol–water partition coefficient (Wildman–Crippen LogP) is 9.07. The smallest absolute Gasteiger partial charge is 0.235 e. The van der Waals surface area contributed by atoms with Crippen LogP contribution in [0.4, 0.5) is 0 Å². The first-order valence-corrected chi connectivity index (χ1v) is 15.5. The van der Waals surface area contributed by atoms with Crippen LogP contribution in [0, 0.1) is 0 Å². The van der Waals surface area contributed by atoms with Gasteiger partial charge in [0.05, 0.1) is 27.5 Å². The number of amidine groups is 1. The summed E-state index contributed by atoms with van der Waals surface area (Å²) >= 11 is 1.82. The third-order valence-electron chi connectivity index (χ3n) is 8.34. The van der Waals surface area contributed by atoms with Gasteiger partial charge in [-0.25, -0.2) is 15.0 Å². The first kappa shape index (κ1) is 25.0. The van der Waals surface area contributed by atoms with Crippen LogP contribution >= 0.6 is 11.3 Å². The van der Waals surface area contributed by atoms with Gasteiger partial charge in [0.25, 0.3) is 0 Å². The van der Waals surface area contributed by atoms with Gasteiger partial charge in [-0.3, -0.25) is 4.57 Å². The molecule has 0 saturated carbocycles. The summed E-state index contributed by atoms with van der Waals surface area (Å²) in [6.45, 7) is 0. The molecule has 0 spiro atoms. The van der Waals surface area contributed by atoms with Gasteiger partial charge < -0.3 is 5.32 Å². The zero-order valence-electron chi connectivity index (χ0n) is 23.6. The molecule has 3 aromatic heterocycles. The Bertz CT molecular complexity index is 2420. The number of hydrogen-bond donors (Lipinski definition) is 1. The van der Waals surface area contributed by atoms with Crippen LogP contribution in [0.1, 0.15) is 22.9 Å². The molecule has 208 valence electrons. The highest BCUT2D eigenvalue weighted by Gasteiger charge is 2.23. The summed E-state index contributed by atoms with van der Waals surface area (Å²) in [5, 5.41) is 8.56. The van der Waals surface area contributed by atoms with E-state index in [0.29, 0.717) is 5.95 Å². The Morgan fingerprint density at radius 1 is 0.659 bits per heavy atom. The number of nitrogens with zero attached hydrogens (tertiary/aromatic N) is 4. The average molecular weight is 584 g/mol. The molecule has 1 unspecified atom stereocenters. The Hall–Kier alpha value is -5.59. The van der Waals surface area contributed by atoms with E-state index in [1.807, 2.05) is 47.9 Å². The summed E-state index contributed by atoms with van der Waals surface area (Å²) in [5.74, 6) is 1.34. The number of rotatable bonds is 4. The quantitative estimate of drug-likeness (QED) is 0.225. The Labute approximate surface area is 257 Å². The lowest BCUT2D eigenvalue weighted by molar-refractivity contribution is 0.777. The van der Waals surface area contributed by atoms with Crippen LogP contribution in [-0.2, 0) is 0 Å². The van der Waals surface area contributed by atoms with Crippen molar-refractivity contribution >= 4 is 64.8 Å². The van der Waals surface area contributed by atoms with Gasteiger partial charge in [-0.2, -0.15) is 0 Å². The highest BCUT2D eigenvalue weighted by molar-refractivity contribution is 7.26. The van der Waals surface area contributed by atoms with Crippen LogP contribution in [-0.4, -0.2) is 20.4 Å². The number of aromatic nitrogens is 3. The third kappa shape index (κ3) is 3.96. The standard InChI is InChI=1S/C38H25N5S/c1-3-11-24(12-4-1)31-23-32(25-13-5-2-6-14-25)41-37(40-31)30-21-22-39-38(42-30)43-33-17-9-7-15-26(33)28-19-20-29-27-16-8-10-18-34(27)44-36(29)35(28)43/h1-23,31H,(H,40,41). The fourth-order valence-corrected chi connectivity index (χ4v) is 7.54. The molecule has 44 heavy (non-hydrogen) atoms. The molecule has 6 heteroatoms. The van der Waals surface area contributed by atoms with Crippen molar-refractivity contribution in [1.29, 1.82) is 0 Å². The summed E-state index contributed by atoms with van der Waals surface area (Å²) in [7, 11) is 0. The second-order valence-electron chi connectivity index (χ2n) is 10.9. The molecular formula is C38H25N5S. The zero-order chi connectivity index (χ0) is 29.0. The van der Waals surface area contributed by atoms with Crippen molar-refractivity contribution in [1.82, 2.24) is 19.9 Å². The Morgan fingerprint density at radius 2 is 1.39 bits per heavy atom. The van der Waals surface area contributed by atoms with E-state index in [1.54, 1.807) is 0 Å². The van der Waals surface area contributed by atoms with Gasteiger partial charge in [0.2, 0.25) is 5.95 Å². The molecule has 8 aromatic rings. The largest absolute Gasteiger partial charge is 0.358 e. The summed E-state index contributed by atoms with van der Waals surface area (Å²) in [4.78, 5) is 15.1. The molecule has 0 aliphatic carbocycles. The minimum absolute atomic E-state index is 0.0521. The minimum Gasteiger partial charge on any atom is -0.358 e. The summed E-state index contributed by atoms with van der Waals surface area (Å²) < 4.78 is 4.73. The van der Waals surface area contributed by atoms with Gasteiger partial charge in [-0.15, -0.1) is 11.3 Å². The first-order chi connectivity index (χ1) is 21.8. The molecular weight excluding hydrogens is 559 g/mol. The van der Waals surface area contributed by atoms with E-state index in [1.165, 1.54) is 30.9 Å². The van der Waals surface area contributed by atoms with Crippen molar-refractivity contribution in [2.75, 3.05) is 0 Å². The predicted molar refractivity (Wildman–Crippen MR) is 183 cm³/mol. The van der Waals surface area contributed by atoms with Gasteiger partial charge in [0, 0.05) is 32.4 Å². The maximum absolute atomic E-state index is 5.19. The third-order valence-corrected chi connectivity index (χ3v) is 9.54. The summed E-state index contributed by atoms with van der Waals surface area (Å²) in [6, 6.07) is 44.3. The van der Waals surface area contributed by atoms with Crippen LogP contribution in [0.15, 0.2) is 145 Å². The maximum atomic E-state index is 5.19. The zero-order valence-corrected chi connectivity index (χ0v) is 24.4. The summed E-state index contributed by atoms with van der Waals surface area (Å²) in [6.07, 6.45) is 4.02. The maximum Gasteiger partial charge on any atom is 0.235 e.